The number of hydrogen-bond acceptors (Lipinski definition) is 4. The predicted molar refractivity (Wildman–Crippen MR) is 79.4 cm³/mol. The Labute approximate surface area is 118 Å². The summed E-state index contributed by atoms with van der Waals surface area (Å²) in [6.45, 7) is 2.61. The highest BCUT2D eigenvalue weighted by Crippen LogP contribution is 2.23. The van der Waals surface area contributed by atoms with Gasteiger partial charge in [0, 0.05) is 29.4 Å². The Morgan fingerprint density at radius 3 is 2.65 bits per heavy atom. The molecule has 0 unspecified atom stereocenters. The fourth-order valence-electron chi connectivity index (χ4n) is 1.68. The molecule has 0 amide bonds. The van der Waals surface area contributed by atoms with Crippen LogP contribution in [-0.2, 0) is 19.6 Å². The van der Waals surface area contributed by atoms with Crippen LogP contribution >= 0.6 is 38.6 Å². The molecule has 0 fully saturated rings. The molecule has 2 heterocycles. The molecule has 0 aliphatic heterocycles. The highest BCUT2D eigenvalue weighted by molar-refractivity contribution is 9.11. The SMILES string of the molecule is CN(Cc1csc(Br)c1)Cc1ccc(CN)s1. The quantitative estimate of drug-likeness (QED) is 0.906. The highest BCUT2D eigenvalue weighted by Gasteiger charge is 2.05. The molecule has 2 N–H and O–H groups in total. The number of nitrogens with two attached hydrogens (primary N) is 1. The molecule has 0 aliphatic rings. The first-order chi connectivity index (χ1) is 8.17. The van der Waals surface area contributed by atoms with E-state index in [2.05, 4.69) is 51.5 Å². The Balaban J connectivity index is 1.90. The van der Waals surface area contributed by atoms with Crippen molar-refractivity contribution in [2.75, 3.05) is 7.05 Å². The Kier molecular flexibility index (Phi) is 4.76. The molecule has 0 saturated heterocycles. The van der Waals surface area contributed by atoms with Crippen LogP contribution in [0.4, 0.5) is 0 Å². The van der Waals surface area contributed by atoms with E-state index in [4.69, 9.17) is 5.73 Å². The molecule has 17 heavy (non-hydrogen) atoms. The molecule has 5 heteroatoms. The van der Waals surface area contributed by atoms with Gasteiger partial charge in [0.25, 0.3) is 0 Å². The fourth-order valence-corrected chi connectivity index (χ4v) is 3.86. The molecule has 2 aromatic heterocycles. The Bertz CT molecular complexity index is 478. The van der Waals surface area contributed by atoms with E-state index in [0.29, 0.717) is 6.54 Å². The van der Waals surface area contributed by atoms with Gasteiger partial charge in [0.1, 0.15) is 0 Å². The molecule has 0 aromatic carbocycles. The van der Waals surface area contributed by atoms with Gasteiger partial charge in [-0.05, 0) is 52.1 Å². The van der Waals surface area contributed by atoms with Gasteiger partial charge in [0.05, 0.1) is 3.79 Å². The molecule has 0 aliphatic carbocycles. The summed E-state index contributed by atoms with van der Waals surface area (Å²) < 4.78 is 1.20. The summed E-state index contributed by atoms with van der Waals surface area (Å²) in [5.41, 5.74) is 6.97. The van der Waals surface area contributed by atoms with Crippen LogP contribution in [-0.4, -0.2) is 11.9 Å². The highest BCUT2D eigenvalue weighted by atomic mass is 79.9. The van der Waals surface area contributed by atoms with Crippen molar-refractivity contribution in [1.82, 2.24) is 4.90 Å². The summed E-state index contributed by atoms with van der Waals surface area (Å²) >= 11 is 7.03. The summed E-state index contributed by atoms with van der Waals surface area (Å²) in [6, 6.07) is 6.48. The number of hydrogen-bond donors (Lipinski definition) is 1. The Morgan fingerprint density at radius 2 is 2.06 bits per heavy atom. The second-order valence-electron chi connectivity index (χ2n) is 4.00. The van der Waals surface area contributed by atoms with Crippen molar-refractivity contribution in [3.05, 3.63) is 42.7 Å². The van der Waals surface area contributed by atoms with Crippen molar-refractivity contribution >= 4 is 38.6 Å². The molecular weight excluding hydrogens is 316 g/mol. The lowest BCUT2D eigenvalue weighted by Crippen LogP contribution is -2.15. The number of nitrogens with zero attached hydrogens (tertiary/aromatic N) is 1. The molecule has 0 radical (unpaired) electrons. The van der Waals surface area contributed by atoms with E-state index < -0.39 is 0 Å². The zero-order chi connectivity index (χ0) is 12.3. The maximum absolute atomic E-state index is 5.61. The molecule has 92 valence electrons. The third-order valence-corrected chi connectivity index (χ3v) is 5.06. The van der Waals surface area contributed by atoms with Crippen LogP contribution < -0.4 is 5.73 Å². The van der Waals surface area contributed by atoms with Crippen molar-refractivity contribution in [2.24, 2.45) is 5.73 Å². The van der Waals surface area contributed by atoms with Gasteiger partial charge in [-0.3, -0.25) is 4.90 Å². The second kappa shape index (κ2) is 6.11. The summed E-state index contributed by atoms with van der Waals surface area (Å²) in [5.74, 6) is 0. The van der Waals surface area contributed by atoms with Crippen LogP contribution in [0, 0.1) is 0 Å². The summed E-state index contributed by atoms with van der Waals surface area (Å²) in [5, 5.41) is 2.19. The van der Waals surface area contributed by atoms with E-state index in [9.17, 15) is 0 Å². The van der Waals surface area contributed by atoms with Crippen LogP contribution in [0.15, 0.2) is 27.4 Å². The van der Waals surface area contributed by atoms with Gasteiger partial charge in [-0.15, -0.1) is 22.7 Å². The Morgan fingerprint density at radius 1 is 1.29 bits per heavy atom. The van der Waals surface area contributed by atoms with Crippen LogP contribution in [0.25, 0.3) is 0 Å². The van der Waals surface area contributed by atoms with E-state index in [0.717, 1.165) is 13.1 Å². The molecule has 0 atom stereocenters. The molecule has 0 bridgehead atoms. The first-order valence-electron chi connectivity index (χ1n) is 5.36. The summed E-state index contributed by atoms with van der Waals surface area (Å²) in [6.07, 6.45) is 0. The number of rotatable bonds is 5. The average Bonchev–Trinajstić information content (AvgIpc) is 2.88. The third-order valence-electron chi connectivity index (χ3n) is 2.42. The lowest BCUT2D eigenvalue weighted by molar-refractivity contribution is 0.322. The van der Waals surface area contributed by atoms with Gasteiger partial charge in [-0.25, -0.2) is 0 Å². The van der Waals surface area contributed by atoms with Crippen LogP contribution in [0.1, 0.15) is 15.3 Å². The summed E-state index contributed by atoms with van der Waals surface area (Å²) in [7, 11) is 2.15. The van der Waals surface area contributed by atoms with Gasteiger partial charge in [-0.2, -0.15) is 0 Å². The molecule has 0 spiro atoms. The van der Waals surface area contributed by atoms with Crippen molar-refractivity contribution in [3.8, 4) is 0 Å². The average molecular weight is 331 g/mol. The van der Waals surface area contributed by atoms with Crippen molar-refractivity contribution in [3.63, 3.8) is 0 Å². The minimum absolute atomic E-state index is 0.645. The lowest BCUT2D eigenvalue weighted by atomic mass is 10.3. The molecule has 2 nitrogen and oxygen atoms in total. The maximum atomic E-state index is 5.61. The van der Waals surface area contributed by atoms with Gasteiger partial charge in [0.2, 0.25) is 0 Å². The molecule has 0 saturated carbocycles. The smallest absolute Gasteiger partial charge is 0.0701 e. The van der Waals surface area contributed by atoms with Gasteiger partial charge in [0.15, 0.2) is 0 Å². The number of thiophene rings is 2. The zero-order valence-electron chi connectivity index (χ0n) is 9.65. The minimum Gasteiger partial charge on any atom is -0.326 e. The van der Waals surface area contributed by atoms with Crippen LogP contribution in [0.5, 0.6) is 0 Å². The van der Waals surface area contributed by atoms with Crippen molar-refractivity contribution < 1.29 is 0 Å². The second-order valence-corrected chi connectivity index (χ2v) is 7.55. The van der Waals surface area contributed by atoms with Crippen LogP contribution in [0.3, 0.4) is 0 Å². The van der Waals surface area contributed by atoms with E-state index in [1.807, 2.05) is 0 Å². The van der Waals surface area contributed by atoms with E-state index in [1.54, 1.807) is 22.7 Å². The third kappa shape index (κ3) is 3.89. The van der Waals surface area contributed by atoms with E-state index in [-0.39, 0.29) is 0 Å². The monoisotopic (exact) mass is 330 g/mol. The van der Waals surface area contributed by atoms with Crippen LogP contribution in [0.2, 0.25) is 0 Å². The van der Waals surface area contributed by atoms with E-state index >= 15 is 0 Å². The number of halogens is 1. The zero-order valence-corrected chi connectivity index (χ0v) is 12.9. The fraction of sp³-hybridized carbons (Fsp3) is 0.333. The molecule has 2 aromatic rings. The van der Waals surface area contributed by atoms with Crippen molar-refractivity contribution in [1.29, 1.82) is 0 Å². The van der Waals surface area contributed by atoms with E-state index in [1.165, 1.54) is 19.1 Å². The standard InChI is InChI=1S/C12H15BrN2S2/c1-15(6-9-4-12(13)16-8-9)7-11-3-2-10(5-14)17-11/h2-4,8H,5-7,14H2,1H3. The maximum Gasteiger partial charge on any atom is 0.0701 e. The lowest BCUT2D eigenvalue weighted by Gasteiger charge is -2.14. The topological polar surface area (TPSA) is 29.3 Å². The molecular formula is C12H15BrN2S2. The summed E-state index contributed by atoms with van der Waals surface area (Å²) in [4.78, 5) is 4.95. The largest absolute Gasteiger partial charge is 0.326 e. The van der Waals surface area contributed by atoms with Gasteiger partial charge in [-0.1, -0.05) is 0 Å². The van der Waals surface area contributed by atoms with Gasteiger partial charge >= 0.3 is 0 Å². The normalized spacial score (nSPS) is 11.3. The minimum atomic E-state index is 0.645. The van der Waals surface area contributed by atoms with Gasteiger partial charge < -0.3 is 5.73 Å². The Hall–Kier alpha value is -0.200. The first-order valence-corrected chi connectivity index (χ1v) is 7.85. The molecule has 2 rings (SSSR count). The van der Waals surface area contributed by atoms with Crippen molar-refractivity contribution in [2.45, 2.75) is 19.6 Å². The first kappa shape index (κ1) is 13.2. The predicted octanol–water partition coefficient (Wildman–Crippen LogP) is 3.66.